The van der Waals surface area contributed by atoms with Gasteiger partial charge in [-0.3, -0.25) is 24.3 Å². The first-order chi connectivity index (χ1) is 19.3. The average Bonchev–Trinajstić information content (AvgIpc) is 3.31. The fourth-order valence-corrected chi connectivity index (χ4v) is 7.53. The summed E-state index contributed by atoms with van der Waals surface area (Å²) in [5, 5.41) is 3.33. The summed E-state index contributed by atoms with van der Waals surface area (Å²) in [6.07, 6.45) is -2.48. The minimum absolute atomic E-state index is 0.0497. The molecule has 3 aromatic rings. The number of fused-ring (bicyclic) bond motifs is 2. The lowest BCUT2D eigenvalue weighted by molar-refractivity contribution is -0.144. The van der Waals surface area contributed by atoms with Crippen molar-refractivity contribution < 1.29 is 27.6 Å². The minimum Gasteiger partial charge on any atom is -0.337 e. The van der Waals surface area contributed by atoms with Gasteiger partial charge in [-0.15, -0.1) is 11.3 Å². The molecule has 2 saturated heterocycles. The molecular formula is C29H30F3N5O3S. The molecule has 0 spiro atoms. The van der Waals surface area contributed by atoms with Gasteiger partial charge in [0.15, 0.2) is 0 Å². The lowest BCUT2D eigenvalue weighted by atomic mass is 9.99. The number of halogens is 3. The molecule has 3 atom stereocenters. The van der Waals surface area contributed by atoms with Gasteiger partial charge in [-0.2, -0.15) is 13.2 Å². The van der Waals surface area contributed by atoms with Crippen molar-refractivity contribution in [1.29, 1.82) is 0 Å². The van der Waals surface area contributed by atoms with Crippen molar-refractivity contribution in [2.24, 2.45) is 17.3 Å². The molecule has 216 valence electrons. The van der Waals surface area contributed by atoms with E-state index in [0.29, 0.717) is 33.7 Å². The number of likely N-dealkylation sites (tertiary alicyclic amines) is 2. The number of piperidine rings is 1. The SMILES string of the molecule is CCN[C@H]1CCN(C(=O)c2c(C)cc(C(F)(F)F)nc2-c2ccnc3cc(CN4C(=O)C5C(C4=O)C5(C)C)sc23)C1. The van der Waals surface area contributed by atoms with Gasteiger partial charge in [0.1, 0.15) is 5.69 Å². The van der Waals surface area contributed by atoms with Gasteiger partial charge in [-0.1, -0.05) is 20.8 Å². The van der Waals surface area contributed by atoms with Crippen molar-refractivity contribution in [1.82, 2.24) is 25.1 Å². The van der Waals surface area contributed by atoms with Gasteiger partial charge in [0.2, 0.25) is 11.8 Å². The van der Waals surface area contributed by atoms with Crippen LogP contribution in [0.5, 0.6) is 0 Å². The number of thiophene rings is 1. The number of pyridine rings is 2. The second-order valence-corrected chi connectivity index (χ2v) is 12.8. The zero-order valence-corrected chi connectivity index (χ0v) is 23.9. The summed E-state index contributed by atoms with van der Waals surface area (Å²) in [6.45, 7) is 9.08. The van der Waals surface area contributed by atoms with Crippen LogP contribution in [-0.2, 0) is 22.3 Å². The highest BCUT2D eigenvalue weighted by Crippen LogP contribution is 2.63. The van der Waals surface area contributed by atoms with E-state index in [1.165, 1.54) is 29.4 Å². The van der Waals surface area contributed by atoms with Crippen LogP contribution in [0.4, 0.5) is 13.2 Å². The number of carbonyl (C=O) groups excluding carboxylic acids is 3. The van der Waals surface area contributed by atoms with Crippen molar-refractivity contribution in [2.45, 2.75) is 52.9 Å². The van der Waals surface area contributed by atoms with E-state index in [1.807, 2.05) is 20.8 Å². The van der Waals surface area contributed by atoms with Gasteiger partial charge in [-0.25, -0.2) is 4.98 Å². The Balaban J connectivity index is 1.40. The van der Waals surface area contributed by atoms with Crippen molar-refractivity contribution >= 4 is 39.3 Å². The molecule has 8 nitrogen and oxygen atoms in total. The molecule has 6 rings (SSSR count). The second kappa shape index (κ2) is 9.59. The Morgan fingerprint density at radius 1 is 1.20 bits per heavy atom. The van der Waals surface area contributed by atoms with E-state index >= 15 is 0 Å². The van der Waals surface area contributed by atoms with Crippen LogP contribution in [0.25, 0.3) is 21.5 Å². The molecule has 5 heterocycles. The third-order valence-electron chi connectivity index (χ3n) is 8.61. The van der Waals surface area contributed by atoms with Gasteiger partial charge in [0.25, 0.3) is 5.91 Å². The quantitative estimate of drug-likeness (QED) is 0.424. The van der Waals surface area contributed by atoms with Crippen LogP contribution in [0.3, 0.4) is 0 Å². The number of likely N-dealkylation sites (N-methyl/N-ethyl adjacent to an activating group) is 1. The van der Waals surface area contributed by atoms with E-state index in [9.17, 15) is 27.6 Å². The van der Waals surface area contributed by atoms with Crippen molar-refractivity contribution in [3.63, 3.8) is 0 Å². The van der Waals surface area contributed by atoms with Crippen LogP contribution in [0.1, 0.15) is 53.7 Å². The number of nitrogens with zero attached hydrogens (tertiary/aromatic N) is 4. The zero-order valence-electron chi connectivity index (χ0n) is 23.1. The largest absolute Gasteiger partial charge is 0.433 e. The van der Waals surface area contributed by atoms with Crippen LogP contribution in [0.15, 0.2) is 24.4 Å². The molecule has 3 aromatic heterocycles. The summed E-state index contributed by atoms with van der Waals surface area (Å²) < 4.78 is 42.2. The van der Waals surface area contributed by atoms with Gasteiger partial charge in [-0.05, 0) is 49.1 Å². The highest BCUT2D eigenvalue weighted by Gasteiger charge is 2.72. The molecule has 2 aliphatic heterocycles. The topological polar surface area (TPSA) is 95.5 Å². The number of imide groups is 1. The maximum atomic E-state index is 13.9. The van der Waals surface area contributed by atoms with Crippen molar-refractivity contribution in [3.8, 4) is 11.3 Å². The normalized spacial score (nSPS) is 23.5. The molecule has 41 heavy (non-hydrogen) atoms. The molecule has 3 amide bonds. The maximum absolute atomic E-state index is 13.9. The number of nitrogens with one attached hydrogen (secondary N) is 1. The Labute approximate surface area is 238 Å². The van der Waals surface area contributed by atoms with E-state index in [2.05, 4.69) is 15.3 Å². The average molecular weight is 586 g/mol. The van der Waals surface area contributed by atoms with Gasteiger partial charge in [0, 0.05) is 35.8 Å². The van der Waals surface area contributed by atoms with Gasteiger partial charge in [0.05, 0.1) is 39.9 Å². The first-order valence-electron chi connectivity index (χ1n) is 13.7. The molecule has 3 aliphatic rings. The molecule has 0 aromatic carbocycles. The molecule has 3 fully saturated rings. The standard InChI is InChI=1S/C29H30F3N5O3S/c1-5-33-15-7-9-36(12-15)25(38)20-14(2)10-19(29(30,31)32)35-23(20)17-6-8-34-18-11-16(41-24(17)18)13-37-26(39)21-22(27(37)40)28(21,3)4/h6,8,10-11,15,21-22,33H,5,7,9,12-13H2,1-4H3/t15-,21?,22?/m0/s1. The second-order valence-electron chi connectivity index (χ2n) is 11.7. The molecule has 1 aliphatic carbocycles. The van der Waals surface area contributed by atoms with E-state index in [0.717, 1.165) is 19.0 Å². The lowest BCUT2D eigenvalue weighted by Gasteiger charge is -2.21. The number of hydrogen-bond donors (Lipinski definition) is 1. The summed E-state index contributed by atoms with van der Waals surface area (Å²) in [4.78, 5) is 51.6. The van der Waals surface area contributed by atoms with E-state index in [-0.39, 0.29) is 64.4 Å². The summed E-state index contributed by atoms with van der Waals surface area (Å²) in [5.74, 6) is -1.36. The maximum Gasteiger partial charge on any atom is 0.433 e. The van der Waals surface area contributed by atoms with Gasteiger partial charge < -0.3 is 10.2 Å². The molecular weight excluding hydrogens is 555 g/mol. The molecule has 2 unspecified atom stereocenters. The number of carbonyl (C=O) groups is 3. The van der Waals surface area contributed by atoms with Crippen molar-refractivity contribution in [3.05, 3.63) is 46.1 Å². The lowest BCUT2D eigenvalue weighted by Crippen LogP contribution is -2.35. The predicted octanol–water partition coefficient (Wildman–Crippen LogP) is 4.65. The fraction of sp³-hybridized carbons (Fsp3) is 0.483. The highest BCUT2D eigenvalue weighted by molar-refractivity contribution is 7.19. The summed E-state index contributed by atoms with van der Waals surface area (Å²) in [6, 6.07) is 4.35. The molecule has 0 bridgehead atoms. The predicted molar refractivity (Wildman–Crippen MR) is 147 cm³/mol. The first-order valence-corrected chi connectivity index (χ1v) is 14.5. The van der Waals surface area contributed by atoms with E-state index < -0.39 is 11.9 Å². The Morgan fingerprint density at radius 3 is 2.56 bits per heavy atom. The summed E-state index contributed by atoms with van der Waals surface area (Å²) in [7, 11) is 0. The molecule has 1 N–H and O–H groups in total. The number of aryl methyl sites for hydroxylation is 1. The number of rotatable bonds is 6. The van der Waals surface area contributed by atoms with Crippen LogP contribution in [0.2, 0.25) is 0 Å². The fourth-order valence-electron chi connectivity index (χ4n) is 6.41. The van der Waals surface area contributed by atoms with E-state index in [1.54, 1.807) is 17.0 Å². The Hall–Kier alpha value is -3.38. The summed E-state index contributed by atoms with van der Waals surface area (Å²) >= 11 is 1.24. The third kappa shape index (κ3) is 4.51. The van der Waals surface area contributed by atoms with E-state index in [4.69, 9.17) is 0 Å². The van der Waals surface area contributed by atoms with Gasteiger partial charge >= 0.3 is 6.18 Å². The molecule has 1 saturated carbocycles. The number of hydrogen-bond acceptors (Lipinski definition) is 7. The summed E-state index contributed by atoms with van der Waals surface area (Å²) in [5.41, 5.74) is -0.278. The van der Waals surface area contributed by atoms with Crippen LogP contribution in [0, 0.1) is 24.2 Å². The van der Waals surface area contributed by atoms with Crippen LogP contribution in [-0.4, -0.2) is 63.2 Å². The third-order valence-corrected chi connectivity index (χ3v) is 9.76. The van der Waals surface area contributed by atoms with Crippen LogP contribution < -0.4 is 5.32 Å². The van der Waals surface area contributed by atoms with Crippen molar-refractivity contribution in [2.75, 3.05) is 19.6 Å². The number of alkyl halides is 3. The Morgan fingerprint density at radius 2 is 1.90 bits per heavy atom. The smallest absolute Gasteiger partial charge is 0.337 e. The highest BCUT2D eigenvalue weighted by atomic mass is 32.1. The number of aromatic nitrogens is 2. The minimum atomic E-state index is -4.71. The monoisotopic (exact) mass is 585 g/mol. The number of amides is 3. The Kier molecular flexibility index (Phi) is 6.49. The molecule has 0 radical (unpaired) electrons. The first kappa shape index (κ1) is 27.8. The van der Waals surface area contributed by atoms with Crippen LogP contribution >= 0.6 is 11.3 Å². The Bertz CT molecular complexity index is 1580. The molecule has 12 heteroatoms. The zero-order chi connectivity index (χ0) is 29.4.